The van der Waals surface area contributed by atoms with Gasteiger partial charge >= 0.3 is 6.03 Å². The van der Waals surface area contributed by atoms with Crippen LogP contribution < -0.4 is 10.0 Å². The molecule has 1 aromatic carbocycles. The Balaban J connectivity index is 1.51. The lowest BCUT2D eigenvalue weighted by Gasteiger charge is -2.16. The Labute approximate surface area is 170 Å². The predicted octanol–water partition coefficient (Wildman–Crippen LogP) is 2.14. The van der Waals surface area contributed by atoms with Crippen LogP contribution in [0.15, 0.2) is 23.4 Å². The van der Waals surface area contributed by atoms with Crippen molar-refractivity contribution in [2.45, 2.75) is 69.5 Å². The smallest absolute Gasteiger partial charge is 0.333 e. The van der Waals surface area contributed by atoms with Crippen LogP contribution in [-0.2, 0) is 42.3 Å². The van der Waals surface area contributed by atoms with Crippen molar-refractivity contribution in [2.75, 3.05) is 5.32 Å². The molecule has 1 unspecified atom stereocenters. The number of carbonyl (C=O) groups is 1. The molecule has 1 atom stereocenters. The predicted molar refractivity (Wildman–Crippen MR) is 108 cm³/mol. The zero-order valence-electron chi connectivity index (χ0n) is 16.4. The highest BCUT2D eigenvalue weighted by Gasteiger charge is 2.27. The number of amides is 2. The summed E-state index contributed by atoms with van der Waals surface area (Å²) in [6, 6.07) is 2.79. The Morgan fingerprint density at radius 1 is 1.21 bits per heavy atom. The van der Waals surface area contributed by atoms with Gasteiger partial charge in [-0.25, -0.2) is 9.52 Å². The summed E-state index contributed by atoms with van der Waals surface area (Å²) in [5.74, 6) is 0. The van der Waals surface area contributed by atoms with Crippen molar-refractivity contribution in [3.05, 3.63) is 40.6 Å². The minimum absolute atomic E-state index is 0.195. The molecule has 29 heavy (non-hydrogen) atoms. The molecule has 0 aliphatic heterocycles. The van der Waals surface area contributed by atoms with Crippen LogP contribution in [0, 0.1) is 0 Å². The number of anilines is 1. The molecule has 3 N–H and O–H groups in total. The third-order valence-electron chi connectivity index (χ3n) is 5.70. The second kappa shape index (κ2) is 7.79. The van der Waals surface area contributed by atoms with Gasteiger partial charge in [-0.15, -0.1) is 0 Å². The Morgan fingerprint density at radius 2 is 1.86 bits per heavy atom. The highest BCUT2D eigenvalue weighted by atomic mass is 32.2. The first-order valence-electron chi connectivity index (χ1n) is 10.1. The zero-order valence-corrected chi connectivity index (χ0v) is 17.3. The van der Waals surface area contributed by atoms with Crippen LogP contribution in [0.3, 0.4) is 0 Å². The number of nitrogens with one attached hydrogen (secondary N) is 2. The van der Waals surface area contributed by atoms with Gasteiger partial charge in [0.25, 0.3) is 10.0 Å². The number of aliphatic hydroxyl groups is 1. The van der Waals surface area contributed by atoms with Crippen molar-refractivity contribution in [1.82, 2.24) is 14.5 Å². The summed E-state index contributed by atoms with van der Waals surface area (Å²) in [4.78, 5) is 12.6. The van der Waals surface area contributed by atoms with E-state index in [1.807, 2.05) is 6.92 Å². The van der Waals surface area contributed by atoms with Crippen LogP contribution in [0.25, 0.3) is 0 Å². The third kappa shape index (κ3) is 4.02. The van der Waals surface area contributed by atoms with E-state index in [0.717, 1.165) is 55.3 Å². The number of nitrogens with zero attached hydrogens (tertiary/aromatic N) is 2. The zero-order chi connectivity index (χ0) is 20.6. The fourth-order valence-corrected chi connectivity index (χ4v) is 5.07. The number of aliphatic hydroxyl groups excluding tert-OH is 1. The van der Waals surface area contributed by atoms with Gasteiger partial charge in [0.2, 0.25) is 0 Å². The maximum Gasteiger partial charge on any atom is 0.333 e. The molecule has 8 nitrogen and oxygen atoms in total. The van der Waals surface area contributed by atoms with E-state index in [1.54, 1.807) is 0 Å². The SMILES string of the molecule is CCC(O)Cn1ccc(S(=O)(=O)NC(=O)Nc2c3c(cc4c2CCC4)CCC3)n1. The van der Waals surface area contributed by atoms with Crippen molar-refractivity contribution in [2.24, 2.45) is 0 Å². The van der Waals surface area contributed by atoms with Crippen molar-refractivity contribution in [3.8, 4) is 0 Å². The van der Waals surface area contributed by atoms with Crippen molar-refractivity contribution >= 4 is 21.7 Å². The van der Waals surface area contributed by atoms with Crippen LogP contribution in [0.4, 0.5) is 10.5 Å². The number of benzene rings is 1. The van der Waals surface area contributed by atoms with E-state index in [2.05, 4.69) is 21.2 Å². The summed E-state index contributed by atoms with van der Waals surface area (Å²) >= 11 is 0. The minimum Gasteiger partial charge on any atom is -0.391 e. The summed E-state index contributed by atoms with van der Waals surface area (Å²) in [7, 11) is -4.11. The molecule has 2 aliphatic carbocycles. The summed E-state index contributed by atoms with van der Waals surface area (Å²) in [5.41, 5.74) is 5.58. The van der Waals surface area contributed by atoms with Gasteiger partial charge < -0.3 is 10.4 Å². The van der Waals surface area contributed by atoms with Gasteiger partial charge in [-0.2, -0.15) is 13.5 Å². The number of aryl methyl sites for hydroxylation is 2. The molecule has 4 rings (SSSR count). The number of hydrogen-bond acceptors (Lipinski definition) is 5. The third-order valence-corrected chi connectivity index (χ3v) is 6.92. The highest BCUT2D eigenvalue weighted by molar-refractivity contribution is 7.90. The molecule has 0 saturated carbocycles. The molecule has 0 spiro atoms. The van der Waals surface area contributed by atoms with Crippen LogP contribution in [-0.4, -0.2) is 35.4 Å². The van der Waals surface area contributed by atoms with Gasteiger partial charge in [-0.3, -0.25) is 4.68 Å². The molecule has 9 heteroatoms. The van der Waals surface area contributed by atoms with Crippen LogP contribution >= 0.6 is 0 Å². The maximum absolute atomic E-state index is 12.6. The minimum atomic E-state index is -4.11. The van der Waals surface area contributed by atoms with E-state index in [-0.39, 0.29) is 11.6 Å². The molecule has 2 amide bonds. The number of rotatable bonds is 6. The van der Waals surface area contributed by atoms with Crippen molar-refractivity contribution in [1.29, 1.82) is 0 Å². The molecule has 0 fully saturated rings. The van der Waals surface area contributed by atoms with Crippen LogP contribution in [0.2, 0.25) is 0 Å². The number of aromatic nitrogens is 2. The summed E-state index contributed by atoms with van der Waals surface area (Å²) in [5, 5.41) is 16.2. The average molecular weight is 419 g/mol. The number of carbonyl (C=O) groups excluding carboxylic acids is 1. The maximum atomic E-state index is 12.6. The van der Waals surface area contributed by atoms with Gasteiger partial charge in [0.05, 0.1) is 12.6 Å². The van der Waals surface area contributed by atoms with Crippen molar-refractivity contribution < 1.29 is 18.3 Å². The standard InChI is InChI=1S/C20H26N4O4S/c1-2-15(25)12-24-10-9-18(22-24)29(27,28)23-20(26)21-19-16-7-3-5-13(16)11-14-6-4-8-17(14)19/h9-11,15,25H,2-8,12H2,1H3,(H2,21,23,26). The first-order valence-corrected chi connectivity index (χ1v) is 11.6. The quantitative estimate of drug-likeness (QED) is 0.665. The first kappa shape index (κ1) is 19.9. The Bertz CT molecular complexity index is 1010. The lowest BCUT2D eigenvalue weighted by molar-refractivity contribution is 0.144. The average Bonchev–Trinajstić information content (AvgIpc) is 3.41. The fourth-order valence-electron chi connectivity index (χ4n) is 4.21. The van der Waals surface area contributed by atoms with Gasteiger partial charge in [-0.05, 0) is 73.3 Å². The van der Waals surface area contributed by atoms with Crippen LogP contribution in [0.1, 0.15) is 48.4 Å². The van der Waals surface area contributed by atoms with E-state index in [4.69, 9.17) is 0 Å². The summed E-state index contributed by atoms with van der Waals surface area (Å²) < 4.78 is 28.5. The lowest BCUT2D eigenvalue weighted by atomic mass is 9.99. The molecule has 0 radical (unpaired) electrons. The van der Waals surface area contributed by atoms with Gasteiger partial charge in [0, 0.05) is 11.9 Å². The number of urea groups is 1. The summed E-state index contributed by atoms with van der Waals surface area (Å²) in [6.07, 6.45) is 7.29. The second-order valence-electron chi connectivity index (χ2n) is 7.73. The van der Waals surface area contributed by atoms with Crippen LogP contribution in [0.5, 0.6) is 0 Å². The number of fused-ring (bicyclic) bond motifs is 2. The van der Waals surface area contributed by atoms with E-state index in [0.29, 0.717) is 6.42 Å². The molecule has 1 aromatic heterocycles. The molecule has 0 bridgehead atoms. The topological polar surface area (TPSA) is 113 Å². The van der Waals surface area contributed by atoms with Crippen molar-refractivity contribution in [3.63, 3.8) is 0 Å². The summed E-state index contributed by atoms with van der Waals surface area (Å²) in [6.45, 7) is 2.02. The number of sulfonamides is 1. The van der Waals surface area contributed by atoms with E-state index in [1.165, 1.54) is 28.1 Å². The van der Waals surface area contributed by atoms with Gasteiger partial charge in [-0.1, -0.05) is 13.0 Å². The molecule has 0 saturated heterocycles. The Kier molecular flexibility index (Phi) is 5.35. The second-order valence-corrected chi connectivity index (χ2v) is 9.36. The Hall–Kier alpha value is -2.39. The molecule has 1 heterocycles. The molecular weight excluding hydrogens is 392 g/mol. The van der Waals surface area contributed by atoms with Gasteiger partial charge in [0.15, 0.2) is 5.03 Å². The number of hydrogen-bond donors (Lipinski definition) is 3. The van der Waals surface area contributed by atoms with E-state index in [9.17, 15) is 18.3 Å². The van der Waals surface area contributed by atoms with E-state index < -0.39 is 22.2 Å². The highest BCUT2D eigenvalue weighted by Crippen LogP contribution is 2.38. The lowest BCUT2D eigenvalue weighted by Crippen LogP contribution is -2.35. The Morgan fingerprint density at radius 3 is 2.48 bits per heavy atom. The fraction of sp³-hybridized carbons (Fsp3) is 0.500. The van der Waals surface area contributed by atoms with Gasteiger partial charge in [0.1, 0.15) is 0 Å². The normalized spacial score (nSPS) is 16.3. The molecule has 2 aromatic rings. The largest absolute Gasteiger partial charge is 0.391 e. The molecular formula is C20H26N4O4S. The molecule has 156 valence electrons. The van der Waals surface area contributed by atoms with E-state index >= 15 is 0 Å². The molecule has 2 aliphatic rings. The first-order chi connectivity index (χ1) is 13.9. The monoisotopic (exact) mass is 418 g/mol.